The molecule has 2 aromatic rings. The van der Waals surface area contributed by atoms with Gasteiger partial charge in [-0.2, -0.15) is 0 Å². The molecule has 2 aromatic heterocycles. The molecule has 1 aliphatic rings. The Morgan fingerprint density at radius 1 is 1.45 bits per heavy atom. The fourth-order valence-corrected chi connectivity index (χ4v) is 3.62. The second kappa shape index (κ2) is 5.59. The molecule has 102 valence electrons. The van der Waals surface area contributed by atoms with Crippen LogP contribution in [0.3, 0.4) is 0 Å². The van der Waals surface area contributed by atoms with Crippen LogP contribution in [0.1, 0.15) is 27.3 Å². The summed E-state index contributed by atoms with van der Waals surface area (Å²) in [5.74, 6) is -0.210. The summed E-state index contributed by atoms with van der Waals surface area (Å²) in [4.78, 5) is 18.2. The van der Waals surface area contributed by atoms with Crippen molar-refractivity contribution in [3.8, 4) is 0 Å². The maximum atomic E-state index is 11.6. The molecule has 0 unspecified atom stereocenters. The number of thiophene rings is 1. The summed E-state index contributed by atoms with van der Waals surface area (Å²) in [5, 5.41) is 0. The SMILES string of the molecule is COC(=O)C1=Cc2sc(Cc3cccnc3)cc2CC1. The van der Waals surface area contributed by atoms with Crippen LogP contribution in [0.15, 0.2) is 36.2 Å². The van der Waals surface area contributed by atoms with Gasteiger partial charge in [0.15, 0.2) is 0 Å². The Morgan fingerprint density at radius 2 is 2.35 bits per heavy atom. The van der Waals surface area contributed by atoms with Gasteiger partial charge >= 0.3 is 5.97 Å². The van der Waals surface area contributed by atoms with E-state index in [1.807, 2.05) is 18.3 Å². The van der Waals surface area contributed by atoms with Gasteiger partial charge in [0.1, 0.15) is 0 Å². The summed E-state index contributed by atoms with van der Waals surface area (Å²) < 4.78 is 4.80. The lowest BCUT2D eigenvalue weighted by molar-refractivity contribution is -0.136. The molecule has 0 amide bonds. The molecule has 0 saturated heterocycles. The molecule has 0 radical (unpaired) electrons. The van der Waals surface area contributed by atoms with E-state index >= 15 is 0 Å². The first-order chi connectivity index (χ1) is 9.76. The molecule has 0 atom stereocenters. The van der Waals surface area contributed by atoms with Gasteiger partial charge in [-0.25, -0.2) is 4.79 Å². The third-order valence-corrected chi connectivity index (χ3v) is 4.53. The third-order valence-electron chi connectivity index (χ3n) is 3.41. The number of aromatic nitrogens is 1. The maximum absolute atomic E-state index is 11.6. The number of aryl methyl sites for hydroxylation is 1. The van der Waals surface area contributed by atoms with Gasteiger partial charge in [-0.3, -0.25) is 4.98 Å². The van der Waals surface area contributed by atoms with Crippen molar-refractivity contribution in [1.29, 1.82) is 0 Å². The number of carbonyl (C=O) groups is 1. The Hall–Kier alpha value is -1.94. The Morgan fingerprint density at radius 3 is 3.10 bits per heavy atom. The number of nitrogens with zero attached hydrogens (tertiary/aromatic N) is 1. The smallest absolute Gasteiger partial charge is 0.333 e. The van der Waals surface area contributed by atoms with E-state index in [2.05, 4.69) is 17.1 Å². The lowest BCUT2D eigenvalue weighted by Crippen LogP contribution is -2.08. The maximum Gasteiger partial charge on any atom is 0.333 e. The van der Waals surface area contributed by atoms with Crippen molar-refractivity contribution >= 4 is 23.4 Å². The van der Waals surface area contributed by atoms with Gasteiger partial charge in [0, 0.05) is 34.1 Å². The summed E-state index contributed by atoms with van der Waals surface area (Å²) in [6, 6.07) is 6.29. The minimum absolute atomic E-state index is 0.210. The highest BCUT2D eigenvalue weighted by Gasteiger charge is 2.18. The van der Waals surface area contributed by atoms with E-state index in [0.29, 0.717) is 0 Å². The fraction of sp³-hybridized carbons (Fsp3) is 0.250. The van der Waals surface area contributed by atoms with Gasteiger partial charge in [-0.05, 0) is 42.2 Å². The predicted molar refractivity (Wildman–Crippen MR) is 79.7 cm³/mol. The van der Waals surface area contributed by atoms with Gasteiger partial charge in [-0.1, -0.05) is 6.07 Å². The van der Waals surface area contributed by atoms with Gasteiger partial charge in [0.2, 0.25) is 0 Å². The summed E-state index contributed by atoms with van der Waals surface area (Å²) in [7, 11) is 1.43. The molecule has 0 bridgehead atoms. The average Bonchev–Trinajstić information content (AvgIpc) is 2.88. The molecule has 3 rings (SSSR count). The zero-order valence-electron chi connectivity index (χ0n) is 11.3. The van der Waals surface area contributed by atoms with E-state index in [4.69, 9.17) is 4.74 Å². The van der Waals surface area contributed by atoms with E-state index < -0.39 is 0 Å². The molecule has 3 nitrogen and oxygen atoms in total. The van der Waals surface area contributed by atoms with Crippen molar-refractivity contribution in [3.05, 3.63) is 57.0 Å². The first-order valence-electron chi connectivity index (χ1n) is 6.55. The Labute approximate surface area is 121 Å². The van der Waals surface area contributed by atoms with E-state index in [9.17, 15) is 4.79 Å². The van der Waals surface area contributed by atoms with Crippen LogP contribution in [0.2, 0.25) is 0 Å². The number of hydrogen-bond acceptors (Lipinski definition) is 4. The quantitative estimate of drug-likeness (QED) is 0.813. The van der Waals surface area contributed by atoms with Crippen LogP contribution in [0, 0.1) is 0 Å². The van der Waals surface area contributed by atoms with E-state index in [0.717, 1.165) is 24.8 Å². The molecule has 0 saturated carbocycles. The Kier molecular flexibility index (Phi) is 3.65. The van der Waals surface area contributed by atoms with Crippen molar-refractivity contribution in [2.75, 3.05) is 7.11 Å². The normalized spacial score (nSPS) is 13.6. The van der Waals surface area contributed by atoms with Crippen LogP contribution in [-0.4, -0.2) is 18.1 Å². The van der Waals surface area contributed by atoms with Gasteiger partial charge < -0.3 is 4.74 Å². The van der Waals surface area contributed by atoms with Gasteiger partial charge in [0.05, 0.1) is 7.11 Å². The van der Waals surface area contributed by atoms with Crippen LogP contribution < -0.4 is 0 Å². The molecule has 2 heterocycles. The number of pyridine rings is 1. The molecule has 0 spiro atoms. The van der Waals surface area contributed by atoms with Gasteiger partial charge in [-0.15, -0.1) is 11.3 Å². The molecular weight excluding hydrogens is 270 g/mol. The number of methoxy groups -OCH3 is 1. The van der Waals surface area contributed by atoms with E-state index in [1.54, 1.807) is 17.5 Å². The highest BCUT2D eigenvalue weighted by molar-refractivity contribution is 7.13. The number of fused-ring (bicyclic) bond motifs is 1. The van der Waals surface area contributed by atoms with Crippen molar-refractivity contribution in [3.63, 3.8) is 0 Å². The fourth-order valence-electron chi connectivity index (χ4n) is 2.40. The van der Waals surface area contributed by atoms with Gasteiger partial charge in [0.25, 0.3) is 0 Å². The molecule has 4 heteroatoms. The molecular formula is C16H15NO2S. The number of esters is 1. The van der Waals surface area contributed by atoms with E-state index in [1.165, 1.54) is 28.0 Å². The van der Waals surface area contributed by atoms with Crippen molar-refractivity contribution < 1.29 is 9.53 Å². The highest BCUT2D eigenvalue weighted by Crippen LogP contribution is 2.32. The molecule has 0 aromatic carbocycles. The lowest BCUT2D eigenvalue weighted by Gasteiger charge is -2.10. The minimum atomic E-state index is -0.210. The molecule has 0 aliphatic heterocycles. The summed E-state index contributed by atoms with van der Waals surface area (Å²) in [6.07, 6.45) is 8.24. The number of carbonyl (C=O) groups excluding carboxylic acids is 1. The number of hydrogen-bond donors (Lipinski definition) is 0. The van der Waals surface area contributed by atoms with Crippen molar-refractivity contribution in [2.24, 2.45) is 0 Å². The minimum Gasteiger partial charge on any atom is -0.466 e. The largest absolute Gasteiger partial charge is 0.466 e. The summed E-state index contributed by atoms with van der Waals surface area (Å²) >= 11 is 1.75. The van der Waals surface area contributed by atoms with Crippen LogP contribution in [0.4, 0.5) is 0 Å². The topological polar surface area (TPSA) is 39.2 Å². The van der Waals surface area contributed by atoms with Crippen LogP contribution in [-0.2, 0) is 22.4 Å². The predicted octanol–water partition coefficient (Wildman–Crippen LogP) is 3.24. The van der Waals surface area contributed by atoms with Crippen LogP contribution in [0.25, 0.3) is 6.08 Å². The van der Waals surface area contributed by atoms with Crippen LogP contribution >= 0.6 is 11.3 Å². The first kappa shape index (κ1) is 13.1. The lowest BCUT2D eigenvalue weighted by atomic mass is 9.98. The highest BCUT2D eigenvalue weighted by atomic mass is 32.1. The first-order valence-corrected chi connectivity index (χ1v) is 7.37. The molecule has 20 heavy (non-hydrogen) atoms. The van der Waals surface area contributed by atoms with Crippen molar-refractivity contribution in [2.45, 2.75) is 19.3 Å². The second-order valence-corrected chi connectivity index (χ2v) is 5.97. The number of ether oxygens (including phenoxy) is 1. The second-order valence-electron chi connectivity index (χ2n) is 4.80. The summed E-state index contributed by atoms with van der Waals surface area (Å²) in [6.45, 7) is 0. The zero-order chi connectivity index (χ0) is 13.9. The molecule has 1 aliphatic carbocycles. The monoisotopic (exact) mass is 285 g/mol. The Bertz CT molecular complexity index is 658. The summed E-state index contributed by atoms with van der Waals surface area (Å²) in [5.41, 5.74) is 3.32. The molecule has 0 N–H and O–H groups in total. The number of rotatable bonds is 3. The third kappa shape index (κ3) is 2.65. The zero-order valence-corrected chi connectivity index (χ0v) is 12.1. The average molecular weight is 285 g/mol. The van der Waals surface area contributed by atoms with Crippen LogP contribution in [0.5, 0.6) is 0 Å². The Balaban J connectivity index is 1.83. The standard InChI is InChI=1S/C16H15NO2S/c1-19-16(18)13-5-4-12-8-14(20-15(12)9-13)7-11-3-2-6-17-10-11/h2-3,6,8-10H,4-5,7H2,1H3. The molecule has 0 fully saturated rings. The van der Waals surface area contributed by atoms with E-state index in [-0.39, 0.29) is 5.97 Å². The van der Waals surface area contributed by atoms with Crippen molar-refractivity contribution in [1.82, 2.24) is 4.98 Å².